The summed E-state index contributed by atoms with van der Waals surface area (Å²) in [6.07, 6.45) is 3.95. The third kappa shape index (κ3) is 2.85. The summed E-state index contributed by atoms with van der Waals surface area (Å²) in [4.78, 5) is 29.0. The number of nitrogens with one attached hydrogen (secondary N) is 1. The summed E-state index contributed by atoms with van der Waals surface area (Å²) < 4.78 is 0. The number of anilines is 1. The lowest BCUT2D eigenvalue weighted by atomic mass is 10.0. The molecule has 1 amide bonds. The molecule has 2 heterocycles. The number of piperidine rings is 1. The lowest BCUT2D eigenvalue weighted by Gasteiger charge is -2.35. The van der Waals surface area contributed by atoms with Crippen molar-refractivity contribution in [2.24, 2.45) is 0 Å². The smallest absolute Gasteiger partial charge is 0.337 e. The molecule has 1 atom stereocenters. The van der Waals surface area contributed by atoms with Gasteiger partial charge >= 0.3 is 5.97 Å². The van der Waals surface area contributed by atoms with Crippen LogP contribution in [0.5, 0.6) is 0 Å². The Hall–Kier alpha value is -1.82. The zero-order valence-corrected chi connectivity index (χ0v) is 11.9. The third-order valence-electron chi connectivity index (χ3n) is 3.42. The Labute approximate surface area is 121 Å². The van der Waals surface area contributed by atoms with Gasteiger partial charge in [-0.3, -0.25) is 4.79 Å². The minimum atomic E-state index is -1.10. The van der Waals surface area contributed by atoms with Gasteiger partial charge in [0.2, 0.25) is 5.91 Å². The number of pyridine rings is 1. The lowest BCUT2D eigenvalue weighted by molar-refractivity contribution is -0.122. The van der Waals surface area contributed by atoms with Crippen LogP contribution in [-0.2, 0) is 4.79 Å². The highest BCUT2D eigenvalue weighted by Gasteiger charge is 2.29. The van der Waals surface area contributed by atoms with Gasteiger partial charge in [0.25, 0.3) is 0 Å². The van der Waals surface area contributed by atoms with Gasteiger partial charge in [-0.15, -0.1) is 0 Å². The van der Waals surface area contributed by atoms with E-state index in [1.807, 2.05) is 4.90 Å². The maximum atomic E-state index is 11.9. The molecule has 2 N–H and O–H groups in total. The summed E-state index contributed by atoms with van der Waals surface area (Å²) in [5.74, 6) is -0.717. The zero-order valence-electron chi connectivity index (χ0n) is 11.1. The molecule has 0 saturated carbocycles. The molecule has 6 nitrogen and oxygen atoms in total. The first-order valence-electron chi connectivity index (χ1n) is 6.41. The second-order valence-electron chi connectivity index (χ2n) is 4.65. The van der Waals surface area contributed by atoms with Crippen molar-refractivity contribution >= 4 is 29.3 Å². The molecule has 1 aromatic rings. The molecule has 1 aromatic heterocycles. The molecule has 1 unspecified atom stereocenters. The van der Waals surface area contributed by atoms with Gasteiger partial charge in [-0.25, -0.2) is 9.78 Å². The Morgan fingerprint density at radius 1 is 1.50 bits per heavy atom. The second-order valence-corrected chi connectivity index (χ2v) is 5.05. The Morgan fingerprint density at radius 2 is 2.25 bits per heavy atom. The van der Waals surface area contributed by atoms with Crippen molar-refractivity contribution in [3.63, 3.8) is 0 Å². The van der Waals surface area contributed by atoms with Gasteiger partial charge < -0.3 is 15.3 Å². The van der Waals surface area contributed by atoms with Crippen molar-refractivity contribution in [1.82, 2.24) is 10.3 Å². The average Bonchev–Trinajstić information content (AvgIpc) is 2.46. The molecule has 108 valence electrons. The normalized spacial score (nSPS) is 18.7. The van der Waals surface area contributed by atoms with Gasteiger partial charge in [0.15, 0.2) is 0 Å². The van der Waals surface area contributed by atoms with E-state index in [0.717, 1.165) is 19.3 Å². The van der Waals surface area contributed by atoms with Gasteiger partial charge in [0.05, 0.1) is 10.6 Å². The van der Waals surface area contributed by atoms with Crippen molar-refractivity contribution in [2.45, 2.75) is 25.3 Å². The Bertz CT molecular complexity index is 536. The minimum Gasteiger partial charge on any atom is -0.478 e. The van der Waals surface area contributed by atoms with Gasteiger partial charge in [-0.05, 0) is 25.3 Å². The van der Waals surface area contributed by atoms with E-state index in [4.69, 9.17) is 16.7 Å². The number of likely N-dealkylation sites (N-methyl/N-ethyl adjacent to an activating group) is 1. The number of carboxylic acid groups (broad SMARTS) is 1. The predicted molar refractivity (Wildman–Crippen MR) is 75.3 cm³/mol. The largest absolute Gasteiger partial charge is 0.478 e. The van der Waals surface area contributed by atoms with Crippen LogP contribution in [0, 0.1) is 0 Å². The third-order valence-corrected chi connectivity index (χ3v) is 3.72. The van der Waals surface area contributed by atoms with Crippen molar-refractivity contribution in [3.8, 4) is 0 Å². The number of nitrogens with zero attached hydrogens (tertiary/aromatic N) is 2. The quantitative estimate of drug-likeness (QED) is 0.884. The molecule has 7 heteroatoms. The van der Waals surface area contributed by atoms with Gasteiger partial charge in [0, 0.05) is 19.8 Å². The van der Waals surface area contributed by atoms with E-state index < -0.39 is 5.97 Å². The Kier molecular flexibility index (Phi) is 4.44. The monoisotopic (exact) mass is 297 g/mol. The van der Waals surface area contributed by atoms with Gasteiger partial charge in [-0.2, -0.15) is 0 Å². The lowest BCUT2D eigenvalue weighted by Crippen LogP contribution is -2.49. The van der Waals surface area contributed by atoms with E-state index in [1.54, 1.807) is 7.05 Å². The predicted octanol–water partition coefficient (Wildman–Crippen LogP) is 1.54. The molecule has 1 aliphatic heterocycles. The number of carboxylic acids is 1. The highest BCUT2D eigenvalue weighted by Crippen LogP contribution is 2.26. The van der Waals surface area contributed by atoms with Crippen LogP contribution in [-0.4, -0.2) is 41.6 Å². The summed E-state index contributed by atoms with van der Waals surface area (Å²) in [5, 5.41) is 11.8. The fourth-order valence-electron chi connectivity index (χ4n) is 2.39. The van der Waals surface area contributed by atoms with Crippen LogP contribution in [0.15, 0.2) is 12.3 Å². The van der Waals surface area contributed by atoms with E-state index in [2.05, 4.69) is 10.3 Å². The first kappa shape index (κ1) is 14.6. The van der Waals surface area contributed by atoms with E-state index in [1.165, 1.54) is 12.3 Å². The van der Waals surface area contributed by atoms with E-state index in [0.29, 0.717) is 12.4 Å². The van der Waals surface area contributed by atoms with Crippen LogP contribution >= 0.6 is 11.6 Å². The molecular weight excluding hydrogens is 282 g/mol. The molecule has 20 heavy (non-hydrogen) atoms. The first-order chi connectivity index (χ1) is 9.54. The number of aromatic carboxylic acids is 1. The van der Waals surface area contributed by atoms with Crippen molar-refractivity contribution in [1.29, 1.82) is 0 Å². The number of carbonyl (C=O) groups is 2. The maximum Gasteiger partial charge on any atom is 0.337 e. The van der Waals surface area contributed by atoms with Crippen molar-refractivity contribution < 1.29 is 14.7 Å². The molecule has 0 spiro atoms. The highest BCUT2D eigenvalue weighted by molar-refractivity contribution is 6.33. The van der Waals surface area contributed by atoms with Gasteiger partial charge in [0.1, 0.15) is 11.9 Å². The average molecular weight is 298 g/mol. The van der Waals surface area contributed by atoms with Crippen molar-refractivity contribution in [2.75, 3.05) is 18.5 Å². The standard InChI is InChI=1S/C13H16ClN3O3/c1-15-12(18)10-4-2-3-5-17(10)11-6-8(13(19)20)9(14)7-16-11/h6-7,10H,2-5H2,1H3,(H,15,18)(H,19,20). The van der Waals surface area contributed by atoms with E-state index in [-0.39, 0.29) is 22.5 Å². The van der Waals surface area contributed by atoms with Crippen molar-refractivity contribution in [3.05, 3.63) is 22.8 Å². The summed E-state index contributed by atoms with van der Waals surface area (Å²) in [7, 11) is 1.59. The topological polar surface area (TPSA) is 82.5 Å². The fraction of sp³-hybridized carbons (Fsp3) is 0.462. The van der Waals surface area contributed by atoms with Crippen LogP contribution in [0.25, 0.3) is 0 Å². The number of hydrogen-bond donors (Lipinski definition) is 2. The minimum absolute atomic E-state index is 0.00195. The molecule has 1 fully saturated rings. The Balaban J connectivity index is 2.35. The molecule has 0 aliphatic carbocycles. The van der Waals surface area contributed by atoms with Crippen LogP contribution in [0.4, 0.5) is 5.82 Å². The molecule has 1 aliphatic rings. The van der Waals surface area contributed by atoms with Crippen LogP contribution < -0.4 is 10.2 Å². The maximum absolute atomic E-state index is 11.9. The molecule has 1 saturated heterocycles. The number of rotatable bonds is 3. The molecule has 0 radical (unpaired) electrons. The molecule has 0 aromatic carbocycles. The Morgan fingerprint density at radius 3 is 2.90 bits per heavy atom. The van der Waals surface area contributed by atoms with E-state index >= 15 is 0 Å². The zero-order chi connectivity index (χ0) is 14.7. The highest BCUT2D eigenvalue weighted by atomic mass is 35.5. The molecule has 2 rings (SSSR count). The summed E-state index contributed by atoms with van der Waals surface area (Å²) in [5.41, 5.74) is -0.00195. The van der Waals surface area contributed by atoms with Crippen LogP contribution in [0.1, 0.15) is 29.6 Å². The second kappa shape index (κ2) is 6.09. The number of aromatic nitrogens is 1. The SMILES string of the molecule is CNC(=O)C1CCCCN1c1cc(C(=O)O)c(Cl)cn1. The number of amides is 1. The van der Waals surface area contributed by atoms with Crippen LogP contribution in [0.3, 0.4) is 0 Å². The number of carbonyl (C=O) groups excluding carboxylic acids is 1. The molecule has 0 bridgehead atoms. The van der Waals surface area contributed by atoms with Gasteiger partial charge in [-0.1, -0.05) is 11.6 Å². The number of hydrogen-bond acceptors (Lipinski definition) is 4. The first-order valence-corrected chi connectivity index (χ1v) is 6.79. The molecular formula is C13H16ClN3O3. The van der Waals surface area contributed by atoms with Crippen LogP contribution in [0.2, 0.25) is 5.02 Å². The number of halogens is 1. The fourth-order valence-corrected chi connectivity index (χ4v) is 2.58. The summed E-state index contributed by atoms with van der Waals surface area (Å²) in [6, 6.07) is 1.11. The summed E-state index contributed by atoms with van der Waals surface area (Å²) in [6.45, 7) is 0.672. The van der Waals surface area contributed by atoms with E-state index in [9.17, 15) is 9.59 Å². The summed E-state index contributed by atoms with van der Waals surface area (Å²) >= 11 is 5.82.